The van der Waals surface area contributed by atoms with Crippen LogP contribution in [0.4, 0.5) is 5.69 Å². The molecular weight excluding hydrogens is 295 g/mol. The fraction of sp³-hybridized carbons (Fsp3) is 0.263. The van der Waals surface area contributed by atoms with E-state index in [-0.39, 0.29) is 12.0 Å². The number of anilines is 1. The molecule has 2 radical (unpaired) electrons. The van der Waals surface area contributed by atoms with Gasteiger partial charge in [0.15, 0.2) is 5.65 Å². The van der Waals surface area contributed by atoms with Crippen molar-refractivity contribution in [2.75, 3.05) is 5.32 Å². The number of aromatic amines is 1. The number of nitrogens with one attached hydrogen (secondary N) is 2. The summed E-state index contributed by atoms with van der Waals surface area (Å²) in [6.45, 7) is 5.88. The molecule has 3 heterocycles. The molecule has 1 aliphatic heterocycles. The zero-order chi connectivity index (χ0) is 16.7. The number of nitrogens with zero attached hydrogens (tertiary/aromatic N) is 2. The Labute approximate surface area is 142 Å². The summed E-state index contributed by atoms with van der Waals surface area (Å²) >= 11 is 0. The van der Waals surface area contributed by atoms with Crippen LogP contribution in [0.2, 0.25) is 0 Å². The molecule has 3 atom stereocenters. The van der Waals surface area contributed by atoms with E-state index in [9.17, 15) is 0 Å². The van der Waals surface area contributed by atoms with Crippen molar-refractivity contribution in [3.8, 4) is 0 Å². The van der Waals surface area contributed by atoms with E-state index >= 15 is 0 Å². The van der Waals surface area contributed by atoms with Crippen LogP contribution in [0, 0.1) is 5.92 Å². The van der Waals surface area contributed by atoms with Gasteiger partial charge in [-0.25, -0.2) is 9.97 Å². The average Bonchev–Trinajstić information content (AvgIpc) is 3.23. The fourth-order valence-electron chi connectivity index (χ4n) is 3.89. The SMILES string of the molecule is [B]c1c2c(nc3nc[nH]c13)C1C=CCC1C(C(/C=C\C)=C/C=C)N2. The van der Waals surface area contributed by atoms with Crippen molar-refractivity contribution >= 4 is 30.2 Å². The summed E-state index contributed by atoms with van der Waals surface area (Å²) in [5.74, 6) is 0.677. The van der Waals surface area contributed by atoms with Crippen LogP contribution in [0.15, 0.2) is 54.9 Å². The molecule has 2 aromatic rings. The monoisotopic (exact) mass is 314 g/mol. The van der Waals surface area contributed by atoms with Crippen LogP contribution in [-0.4, -0.2) is 28.8 Å². The van der Waals surface area contributed by atoms with Crippen LogP contribution < -0.4 is 10.8 Å². The lowest BCUT2D eigenvalue weighted by Gasteiger charge is -2.38. The molecule has 0 bridgehead atoms. The number of fused-ring (bicyclic) bond motifs is 4. The topological polar surface area (TPSA) is 53.6 Å². The lowest BCUT2D eigenvalue weighted by molar-refractivity contribution is 0.449. The molecule has 0 fully saturated rings. The smallest absolute Gasteiger partial charge is 0.177 e. The molecule has 3 unspecified atom stereocenters. The maximum absolute atomic E-state index is 6.42. The molecule has 5 heteroatoms. The Bertz CT molecular complexity index is 890. The number of hydrogen-bond acceptors (Lipinski definition) is 3. The van der Waals surface area contributed by atoms with Crippen molar-refractivity contribution in [2.45, 2.75) is 25.3 Å². The molecule has 2 aliphatic rings. The summed E-state index contributed by atoms with van der Waals surface area (Å²) < 4.78 is 0. The Kier molecular flexibility index (Phi) is 3.64. The third-order valence-corrected chi connectivity index (χ3v) is 4.93. The van der Waals surface area contributed by atoms with Gasteiger partial charge in [-0.1, -0.05) is 43.0 Å². The van der Waals surface area contributed by atoms with E-state index in [2.05, 4.69) is 52.2 Å². The molecule has 0 spiro atoms. The maximum Gasteiger partial charge on any atom is 0.177 e. The van der Waals surface area contributed by atoms with Crippen molar-refractivity contribution in [1.29, 1.82) is 0 Å². The fourth-order valence-corrected chi connectivity index (χ4v) is 3.89. The standard InChI is InChI=1S/C19H19BN4/c1-3-6-11(7-4-2)15-12-8-5-9-13(12)16-17(23-15)14(20)18-19(24-16)22-10-21-18/h3-7,9-10,12-13,15,23H,1,8H2,2H3,(H,21,22,24)/b7-4-,11-6+. The zero-order valence-corrected chi connectivity index (χ0v) is 13.7. The van der Waals surface area contributed by atoms with Crippen LogP contribution in [0.3, 0.4) is 0 Å². The molecule has 2 aromatic heterocycles. The summed E-state index contributed by atoms with van der Waals surface area (Å²) in [7, 11) is 6.42. The second-order valence-electron chi connectivity index (χ2n) is 6.26. The normalized spacial score (nSPS) is 25.7. The van der Waals surface area contributed by atoms with Gasteiger partial charge in [0.1, 0.15) is 7.85 Å². The third kappa shape index (κ3) is 2.15. The Morgan fingerprint density at radius 1 is 1.46 bits per heavy atom. The molecular formula is C19H19BN4. The van der Waals surface area contributed by atoms with Crippen LogP contribution in [0.5, 0.6) is 0 Å². The third-order valence-electron chi connectivity index (χ3n) is 4.93. The maximum atomic E-state index is 6.42. The number of pyridine rings is 1. The minimum atomic E-state index is 0.177. The number of imidazole rings is 1. The van der Waals surface area contributed by atoms with E-state index in [1.165, 1.54) is 5.57 Å². The van der Waals surface area contributed by atoms with Gasteiger partial charge in [0.2, 0.25) is 0 Å². The number of allylic oxidation sites excluding steroid dienone is 5. The Balaban J connectivity index is 1.89. The van der Waals surface area contributed by atoms with Crippen molar-refractivity contribution in [2.24, 2.45) is 5.92 Å². The van der Waals surface area contributed by atoms with E-state index in [4.69, 9.17) is 12.8 Å². The Morgan fingerprint density at radius 3 is 3.12 bits per heavy atom. The summed E-state index contributed by atoms with van der Waals surface area (Å²) in [5.41, 5.74) is 5.29. The summed E-state index contributed by atoms with van der Waals surface area (Å²) in [4.78, 5) is 12.1. The van der Waals surface area contributed by atoms with Crippen molar-refractivity contribution in [3.05, 3.63) is 60.6 Å². The average molecular weight is 314 g/mol. The predicted octanol–water partition coefficient (Wildman–Crippen LogP) is 2.89. The number of rotatable bonds is 3. The number of hydrogen-bond donors (Lipinski definition) is 2. The van der Waals surface area contributed by atoms with Crippen molar-refractivity contribution in [1.82, 2.24) is 15.0 Å². The molecule has 0 aromatic carbocycles. The molecule has 24 heavy (non-hydrogen) atoms. The largest absolute Gasteiger partial charge is 0.377 e. The first kappa shape index (κ1) is 15.0. The lowest BCUT2D eigenvalue weighted by atomic mass is 9.76. The molecule has 4 nitrogen and oxygen atoms in total. The van der Waals surface area contributed by atoms with Gasteiger partial charge in [-0.3, -0.25) is 0 Å². The molecule has 118 valence electrons. The zero-order valence-electron chi connectivity index (χ0n) is 13.7. The minimum absolute atomic E-state index is 0.177. The first-order valence-electron chi connectivity index (χ1n) is 8.25. The Morgan fingerprint density at radius 2 is 2.33 bits per heavy atom. The highest BCUT2D eigenvalue weighted by molar-refractivity contribution is 6.41. The van der Waals surface area contributed by atoms with Crippen molar-refractivity contribution in [3.63, 3.8) is 0 Å². The van der Waals surface area contributed by atoms with E-state index in [1.807, 2.05) is 13.0 Å². The second kappa shape index (κ2) is 5.82. The first-order chi connectivity index (χ1) is 11.7. The van der Waals surface area contributed by atoms with Gasteiger partial charge in [-0.05, 0) is 30.3 Å². The minimum Gasteiger partial charge on any atom is -0.377 e. The molecule has 0 amide bonds. The van der Waals surface area contributed by atoms with Gasteiger partial charge >= 0.3 is 0 Å². The van der Waals surface area contributed by atoms with E-state index < -0.39 is 0 Å². The second-order valence-corrected chi connectivity index (χ2v) is 6.26. The van der Waals surface area contributed by atoms with Crippen LogP contribution in [0.1, 0.15) is 25.0 Å². The highest BCUT2D eigenvalue weighted by Crippen LogP contribution is 2.45. The number of aromatic nitrogens is 3. The van der Waals surface area contributed by atoms with Gasteiger partial charge in [0, 0.05) is 5.92 Å². The number of H-pyrrole nitrogens is 1. The molecule has 2 N–H and O–H groups in total. The van der Waals surface area contributed by atoms with Gasteiger partial charge < -0.3 is 10.3 Å². The summed E-state index contributed by atoms with van der Waals surface area (Å²) in [6, 6.07) is 0.177. The molecule has 4 rings (SSSR count). The molecule has 1 aliphatic carbocycles. The van der Waals surface area contributed by atoms with Crippen LogP contribution in [-0.2, 0) is 0 Å². The molecule has 0 saturated carbocycles. The first-order valence-corrected chi connectivity index (χ1v) is 8.25. The summed E-state index contributed by atoms with van der Waals surface area (Å²) in [6.07, 6.45) is 15.3. The quantitative estimate of drug-likeness (QED) is 0.520. The van der Waals surface area contributed by atoms with Crippen LogP contribution in [0.25, 0.3) is 11.2 Å². The van der Waals surface area contributed by atoms with Crippen molar-refractivity contribution < 1.29 is 0 Å². The van der Waals surface area contributed by atoms with E-state index in [1.54, 1.807) is 6.33 Å². The lowest BCUT2D eigenvalue weighted by Crippen LogP contribution is -2.40. The van der Waals surface area contributed by atoms with E-state index in [0.29, 0.717) is 17.0 Å². The highest BCUT2D eigenvalue weighted by atomic mass is 15.0. The van der Waals surface area contributed by atoms with Gasteiger partial charge in [-0.15, -0.1) is 0 Å². The van der Waals surface area contributed by atoms with Gasteiger partial charge in [0.05, 0.1) is 29.3 Å². The van der Waals surface area contributed by atoms with Gasteiger partial charge in [-0.2, -0.15) is 0 Å². The highest BCUT2D eigenvalue weighted by Gasteiger charge is 2.40. The van der Waals surface area contributed by atoms with E-state index in [0.717, 1.165) is 23.3 Å². The van der Waals surface area contributed by atoms with Crippen LogP contribution >= 0.6 is 0 Å². The van der Waals surface area contributed by atoms with Gasteiger partial charge in [0.25, 0.3) is 0 Å². The Hall–Kier alpha value is -2.56. The summed E-state index contributed by atoms with van der Waals surface area (Å²) in [5, 5.41) is 3.65. The molecule has 0 saturated heterocycles. The predicted molar refractivity (Wildman–Crippen MR) is 99.8 cm³/mol.